The highest BCUT2D eigenvalue weighted by Gasteiger charge is 2.23. The molecule has 1 atom stereocenters. The summed E-state index contributed by atoms with van der Waals surface area (Å²) in [6, 6.07) is 7.99. The zero-order chi connectivity index (χ0) is 11.4. The van der Waals surface area contributed by atoms with Crippen LogP contribution in [-0.4, -0.2) is 37.8 Å². The number of hydrogen-bond donors (Lipinski definition) is 1. The number of hydrogen-bond acceptors (Lipinski definition) is 2. The van der Waals surface area contributed by atoms with Crippen molar-refractivity contribution in [3.8, 4) is 0 Å². The zero-order valence-corrected chi connectivity index (χ0v) is 11.3. The van der Waals surface area contributed by atoms with Gasteiger partial charge in [-0.2, -0.15) is 0 Å². The van der Waals surface area contributed by atoms with E-state index in [1.165, 1.54) is 0 Å². The van der Waals surface area contributed by atoms with Crippen molar-refractivity contribution in [3.05, 3.63) is 33.4 Å². The van der Waals surface area contributed by atoms with Crippen molar-refractivity contribution >= 4 is 22.6 Å². The first-order valence-electron chi connectivity index (χ1n) is 5.58. The van der Waals surface area contributed by atoms with Crippen LogP contribution < -0.4 is 5.32 Å². The first-order chi connectivity index (χ1) is 7.83. The molecule has 0 unspecified atom stereocenters. The van der Waals surface area contributed by atoms with Crippen molar-refractivity contribution in [2.45, 2.75) is 6.04 Å². The number of rotatable bonds is 3. The van der Waals surface area contributed by atoms with Gasteiger partial charge in [0, 0.05) is 29.7 Å². The molecule has 2 nitrogen and oxygen atoms in total. The number of nitrogens with zero attached hydrogens (tertiary/aromatic N) is 1. The van der Waals surface area contributed by atoms with Gasteiger partial charge in [0.25, 0.3) is 0 Å². The predicted molar refractivity (Wildman–Crippen MR) is 72.3 cm³/mol. The standard InChI is InChI=1S/C12H16FIN2/c13-9-12(16-7-5-15-6-8-16)10-3-1-2-4-11(10)14/h1-4,12,15H,5-9H2/t12-/m0/s1. The van der Waals surface area contributed by atoms with E-state index in [0.29, 0.717) is 0 Å². The van der Waals surface area contributed by atoms with E-state index in [1.807, 2.05) is 24.3 Å². The van der Waals surface area contributed by atoms with Crippen LogP contribution >= 0.6 is 22.6 Å². The van der Waals surface area contributed by atoms with Gasteiger partial charge in [-0.05, 0) is 34.2 Å². The molecule has 0 aliphatic carbocycles. The van der Waals surface area contributed by atoms with Crippen molar-refractivity contribution in [1.29, 1.82) is 0 Å². The van der Waals surface area contributed by atoms with Gasteiger partial charge in [0.2, 0.25) is 0 Å². The SMILES string of the molecule is FC[C@@H](c1ccccc1I)N1CCNCC1. The molecule has 0 saturated carbocycles. The molecule has 1 aromatic carbocycles. The third-order valence-corrected chi connectivity index (χ3v) is 3.99. The van der Waals surface area contributed by atoms with Crippen LogP contribution in [0.3, 0.4) is 0 Å². The smallest absolute Gasteiger partial charge is 0.109 e. The van der Waals surface area contributed by atoms with Gasteiger partial charge in [-0.25, -0.2) is 4.39 Å². The van der Waals surface area contributed by atoms with E-state index in [2.05, 4.69) is 32.8 Å². The fourth-order valence-electron chi connectivity index (χ4n) is 2.12. The maximum absolute atomic E-state index is 13.2. The average Bonchev–Trinajstić information content (AvgIpc) is 2.34. The Bertz CT molecular complexity index is 340. The Morgan fingerprint density at radius 2 is 2.00 bits per heavy atom. The Morgan fingerprint density at radius 1 is 1.31 bits per heavy atom. The van der Waals surface area contributed by atoms with Crippen molar-refractivity contribution in [1.82, 2.24) is 10.2 Å². The summed E-state index contributed by atoms with van der Waals surface area (Å²) in [4.78, 5) is 2.23. The lowest BCUT2D eigenvalue weighted by Gasteiger charge is -2.34. The van der Waals surface area contributed by atoms with Gasteiger partial charge in [-0.1, -0.05) is 18.2 Å². The van der Waals surface area contributed by atoms with E-state index >= 15 is 0 Å². The number of nitrogens with one attached hydrogen (secondary N) is 1. The molecule has 1 N–H and O–H groups in total. The summed E-state index contributed by atoms with van der Waals surface area (Å²) in [6.45, 7) is 3.47. The molecule has 0 spiro atoms. The highest BCUT2D eigenvalue weighted by Crippen LogP contribution is 2.25. The van der Waals surface area contributed by atoms with E-state index < -0.39 is 0 Å². The lowest BCUT2D eigenvalue weighted by molar-refractivity contribution is 0.147. The minimum Gasteiger partial charge on any atom is -0.314 e. The molecule has 1 saturated heterocycles. The fourth-order valence-corrected chi connectivity index (χ4v) is 2.86. The highest BCUT2D eigenvalue weighted by atomic mass is 127. The molecule has 16 heavy (non-hydrogen) atoms. The van der Waals surface area contributed by atoms with E-state index in [1.54, 1.807) is 0 Å². The first kappa shape index (κ1) is 12.3. The Kier molecular flexibility index (Phi) is 4.55. The van der Waals surface area contributed by atoms with E-state index in [9.17, 15) is 4.39 Å². The first-order valence-corrected chi connectivity index (χ1v) is 6.66. The van der Waals surface area contributed by atoms with Crippen molar-refractivity contribution in [2.24, 2.45) is 0 Å². The second-order valence-corrected chi connectivity index (χ2v) is 5.14. The van der Waals surface area contributed by atoms with Gasteiger partial charge >= 0.3 is 0 Å². The molecule has 1 heterocycles. The van der Waals surface area contributed by atoms with Gasteiger partial charge in [0.05, 0.1) is 6.04 Å². The predicted octanol–water partition coefficient (Wildman–Crippen LogP) is 2.21. The number of halogens is 2. The summed E-state index contributed by atoms with van der Waals surface area (Å²) in [6.07, 6.45) is 0. The average molecular weight is 334 g/mol. The molecule has 0 radical (unpaired) electrons. The molecule has 1 aliphatic rings. The lowest BCUT2D eigenvalue weighted by atomic mass is 10.1. The molecule has 0 amide bonds. The molecule has 4 heteroatoms. The molecular formula is C12H16FIN2. The molecule has 1 aliphatic heterocycles. The second kappa shape index (κ2) is 5.93. The fraction of sp³-hybridized carbons (Fsp3) is 0.500. The molecule has 1 aromatic rings. The van der Waals surface area contributed by atoms with E-state index in [0.717, 1.165) is 35.3 Å². The number of benzene rings is 1. The van der Waals surface area contributed by atoms with Crippen LogP contribution in [0.4, 0.5) is 4.39 Å². The Morgan fingerprint density at radius 3 is 2.62 bits per heavy atom. The minimum atomic E-state index is -0.306. The van der Waals surface area contributed by atoms with Gasteiger partial charge in [0.15, 0.2) is 0 Å². The normalized spacial score (nSPS) is 19.6. The van der Waals surface area contributed by atoms with Crippen molar-refractivity contribution < 1.29 is 4.39 Å². The molecular weight excluding hydrogens is 318 g/mol. The second-order valence-electron chi connectivity index (χ2n) is 3.98. The van der Waals surface area contributed by atoms with Gasteiger partial charge < -0.3 is 5.32 Å². The van der Waals surface area contributed by atoms with Crippen LogP contribution in [0.1, 0.15) is 11.6 Å². The van der Waals surface area contributed by atoms with Crippen molar-refractivity contribution in [3.63, 3.8) is 0 Å². The van der Waals surface area contributed by atoms with Crippen LogP contribution in [0.5, 0.6) is 0 Å². The third kappa shape index (κ3) is 2.73. The number of piperazine rings is 1. The molecule has 88 valence electrons. The van der Waals surface area contributed by atoms with Crippen LogP contribution in [-0.2, 0) is 0 Å². The maximum atomic E-state index is 13.2. The Balaban J connectivity index is 2.18. The summed E-state index contributed by atoms with van der Waals surface area (Å²) in [5, 5.41) is 3.29. The summed E-state index contributed by atoms with van der Waals surface area (Å²) >= 11 is 2.29. The molecule has 1 fully saturated rings. The monoisotopic (exact) mass is 334 g/mol. The van der Waals surface area contributed by atoms with Gasteiger partial charge in [0.1, 0.15) is 6.67 Å². The summed E-state index contributed by atoms with van der Waals surface area (Å²) in [7, 11) is 0. The number of alkyl halides is 1. The molecule has 2 rings (SSSR count). The molecule has 0 aromatic heterocycles. The van der Waals surface area contributed by atoms with Crippen molar-refractivity contribution in [2.75, 3.05) is 32.9 Å². The van der Waals surface area contributed by atoms with Gasteiger partial charge in [-0.3, -0.25) is 4.90 Å². The lowest BCUT2D eigenvalue weighted by Crippen LogP contribution is -2.45. The third-order valence-electron chi connectivity index (χ3n) is 3.00. The summed E-state index contributed by atoms with van der Waals surface area (Å²) < 4.78 is 14.4. The summed E-state index contributed by atoms with van der Waals surface area (Å²) in [5.74, 6) is 0. The quantitative estimate of drug-likeness (QED) is 0.853. The molecule has 0 bridgehead atoms. The van der Waals surface area contributed by atoms with Gasteiger partial charge in [-0.15, -0.1) is 0 Å². The largest absolute Gasteiger partial charge is 0.314 e. The van der Waals surface area contributed by atoms with E-state index in [4.69, 9.17) is 0 Å². The van der Waals surface area contributed by atoms with Crippen LogP contribution in [0.15, 0.2) is 24.3 Å². The van der Waals surface area contributed by atoms with Crippen LogP contribution in [0.25, 0.3) is 0 Å². The highest BCUT2D eigenvalue weighted by molar-refractivity contribution is 14.1. The maximum Gasteiger partial charge on any atom is 0.109 e. The Labute approximate surface area is 109 Å². The summed E-state index contributed by atoms with van der Waals surface area (Å²) in [5.41, 5.74) is 1.12. The topological polar surface area (TPSA) is 15.3 Å². The minimum absolute atomic E-state index is 0.0739. The van der Waals surface area contributed by atoms with Crippen LogP contribution in [0.2, 0.25) is 0 Å². The van der Waals surface area contributed by atoms with E-state index in [-0.39, 0.29) is 12.7 Å². The van der Waals surface area contributed by atoms with Crippen LogP contribution in [0, 0.1) is 3.57 Å². The Hall–Kier alpha value is -0.200. The zero-order valence-electron chi connectivity index (χ0n) is 9.13.